The van der Waals surface area contributed by atoms with Crippen LogP contribution in [0.25, 0.3) is 21.6 Å². The van der Waals surface area contributed by atoms with Gasteiger partial charge in [0.25, 0.3) is 5.91 Å². The predicted octanol–water partition coefficient (Wildman–Crippen LogP) is 5.06. The number of para-hydroxylation sites is 2. The Morgan fingerprint density at radius 1 is 1.06 bits per heavy atom. The van der Waals surface area contributed by atoms with E-state index < -0.39 is 0 Å². The van der Waals surface area contributed by atoms with E-state index in [4.69, 9.17) is 4.98 Å². The van der Waals surface area contributed by atoms with E-state index >= 15 is 0 Å². The summed E-state index contributed by atoms with van der Waals surface area (Å²) in [5.74, 6) is 0.819. The van der Waals surface area contributed by atoms with Crippen molar-refractivity contribution in [2.24, 2.45) is 7.05 Å². The summed E-state index contributed by atoms with van der Waals surface area (Å²) >= 11 is 1.60. The quantitative estimate of drug-likeness (QED) is 0.398. The van der Waals surface area contributed by atoms with E-state index in [1.807, 2.05) is 53.9 Å². The first-order valence-corrected chi connectivity index (χ1v) is 11.0. The van der Waals surface area contributed by atoms with Crippen LogP contribution in [0.5, 0.6) is 0 Å². The third kappa shape index (κ3) is 4.00. The molecule has 5 rings (SSSR count). The zero-order valence-electron chi connectivity index (χ0n) is 17.0. The highest BCUT2D eigenvalue weighted by atomic mass is 32.1. The van der Waals surface area contributed by atoms with E-state index in [9.17, 15) is 4.79 Å². The molecule has 1 amide bonds. The van der Waals surface area contributed by atoms with Gasteiger partial charge in [0.1, 0.15) is 5.82 Å². The number of fused-ring (bicyclic) bond motifs is 1. The summed E-state index contributed by atoms with van der Waals surface area (Å²) in [5, 5.41) is 12.0. The van der Waals surface area contributed by atoms with Crippen LogP contribution >= 0.6 is 11.3 Å². The number of imidazole rings is 1. The fraction of sp³-hybridized carbons (Fsp3) is 0.125. The van der Waals surface area contributed by atoms with Crippen LogP contribution in [-0.4, -0.2) is 25.7 Å². The molecule has 7 heteroatoms. The van der Waals surface area contributed by atoms with Gasteiger partial charge in [0, 0.05) is 19.2 Å². The van der Waals surface area contributed by atoms with Gasteiger partial charge in [-0.15, -0.1) is 11.3 Å². The number of anilines is 1. The molecule has 31 heavy (non-hydrogen) atoms. The van der Waals surface area contributed by atoms with E-state index in [1.165, 1.54) is 0 Å². The molecule has 0 unspecified atom stereocenters. The molecule has 0 spiro atoms. The van der Waals surface area contributed by atoms with Crippen molar-refractivity contribution in [3.8, 4) is 10.6 Å². The lowest BCUT2D eigenvalue weighted by molar-refractivity contribution is 0.102. The molecule has 5 aromatic rings. The number of nitrogens with zero attached hydrogens (tertiary/aromatic N) is 3. The van der Waals surface area contributed by atoms with Crippen molar-refractivity contribution in [3.05, 3.63) is 89.2 Å². The van der Waals surface area contributed by atoms with Crippen LogP contribution in [0.1, 0.15) is 21.9 Å². The molecular formula is C24H21N5OS. The molecule has 0 atom stereocenters. The summed E-state index contributed by atoms with van der Waals surface area (Å²) in [6.07, 6.45) is 1.66. The Labute approximate surface area is 183 Å². The summed E-state index contributed by atoms with van der Waals surface area (Å²) in [4.78, 5) is 18.4. The van der Waals surface area contributed by atoms with E-state index in [1.54, 1.807) is 17.4 Å². The van der Waals surface area contributed by atoms with Crippen molar-refractivity contribution in [3.63, 3.8) is 0 Å². The lowest BCUT2D eigenvalue weighted by Gasteiger charge is -2.07. The molecule has 2 N–H and O–H groups in total. The van der Waals surface area contributed by atoms with Crippen LogP contribution < -0.4 is 5.32 Å². The summed E-state index contributed by atoms with van der Waals surface area (Å²) in [6.45, 7) is 0. The summed E-state index contributed by atoms with van der Waals surface area (Å²) in [5.41, 5.74) is 5.27. The zero-order chi connectivity index (χ0) is 21.2. The molecule has 6 nitrogen and oxygen atoms in total. The number of carbonyl (C=O) groups excluding carboxylic acids is 1. The van der Waals surface area contributed by atoms with Crippen LogP contribution in [0.3, 0.4) is 0 Å². The number of amides is 1. The number of aromatic nitrogens is 4. The molecule has 0 aliphatic rings. The van der Waals surface area contributed by atoms with E-state index in [0.717, 1.165) is 51.5 Å². The number of rotatable bonds is 6. The first kappa shape index (κ1) is 19.3. The second kappa shape index (κ2) is 8.20. The second-order valence-corrected chi connectivity index (χ2v) is 8.32. The maximum atomic E-state index is 12.6. The molecule has 2 aromatic carbocycles. The number of aryl methyl sites for hydroxylation is 3. The molecule has 0 saturated carbocycles. The van der Waals surface area contributed by atoms with Crippen LogP contribution in [-0.2, 0) is 19.9 Å². The molecule has 3 heterocycles. The highest BCUT2D eigenvalue weighted by Gasteiger charge is 2.13. The minimum absolute atomic E-state index is 0.230. The van der Waals surface area contributed by atoms with Gasteiger partial charge in [-0.1, -0.05) is 30.3 Å². The molecule has 0 fully saturated rings. The molecule has 3 aromatic heterocycles. The number of carbonyl (C=O) groups is 1. The normalized spacial score (nSPS) is 11.1. The van der Waals surface area contributed by atoms with E-state index in [-0.39, 0.29) is 5.91 Å². The Morgan fingerprint density at radius 2 is 1.97 bits per heavy atom. The highest BCUT2D eigenvalue weighted by molar-refractivity contribution is 7.13. The summed E-state index contributed by atoms with van der Waals surface area (Å²) < 4.78 is 2.14. The number of hydrogen-bond acceptors (Lipinski definition) is 4. The monoisotopic (exact) mass is 427 g/mol. The Kier molecular flexibility index (Phi) is 5.09. The van der Waals surface area contributed by atoms with Gasteiger partial charge < -0.3 is 9.88 Å². The number of nitrogens with one attached hydrogen (secondary N) is 2. The molecule has 0 bridgehead atoms. The molecule has 0 aliphatic carbocycles. The minimum Gasteiger partial charge on any atom is -0.331 e. The number of benzene rings is 2. The second-order valence-electron chi connectivity index (χ2n) is 7.37. The molecular weight excluding hydrogens is 406 g/mol. The molecule has 0 saturated heterocycles. The smallest absolute Gasteiger partial charge is 0.276 e. The zero-order valence-corrected chi connectivity index (χ0v) is 17.8. The molecule has 0 aliphatic heterocycles. The largest absolute Gasteiger partial charge is 0.331 e. The van der Waals surface area contributed by atoms with Crippen molar-refractivity contribution in [2.75, 3.05) is 5.32 Å². The van der Waals surface area contributed by atoms with Gasteiger partial charge in [-0.3, -0.25) is 9.89 Å². The van der Waals surface area contributed by atoms with E-state index in [2.05, 4.69) is 39.3 Å². The fourth-order valence-corrected chi connectivity index (χ4v) is 4.36. The molecule has 0 radical (unpaired) electrons. The van der Waals surface area contributed by atoms with Gasteiger partial charge in [-0.05, 0) is 53.8 Å². The number of aromatic amines is 1. The van der Waals surface area contributed by atoms with Gasteiger partial charge >= 0.3 is 0 Å². The average Bonchev–Trinajstić information content (AvgIpc) is 3.53. The van der Waals surface area contributed by atoms with Crippen LogP contribution in [0.2, 0.25) is 0 Å². The van der Waals surface area contributed by atoms with Crippen molar-refractivity contribution in [1.29, 1.82) is 0 Å². The van der Waals surface area contributed by atoms with Crippen LogP contribution in [0.4, 0.5) is 5.69 Å². The van der Waals surface area contributed by atoms with Crippen molar-refractivity contribution in [2.45, 2.75) is 12.8 Å². The van der Waals surface area contributed by atoms with Gasteiger partial charge in [0.2, 0.25) is 0 Å². The minimum atomic E-state index is -0.230. The molecule has 154 valence electrons. The summed E-state index contributed by atoms with van der Waals surface area (Å²) in [6, 6.07) is 21.8. The summed E-state index contributed by atoms with van der Waals surface area (Å²) in [7, 11) is 2.05. The fourth-order valence-electron chi connectivity index (χ4n) is 3.67. The van der Waals surface area contributed by atoms with Crippen LogP contribution in [0, 0.1) is 0 Å². The van der Waals surface area contributed by atoms with Crippen molar-refractivity contribution in [1.82, 2.24) is 19.7 Å². The Hall–Kier alpha value is -3.71. The first-order chi connectivity index (χ1) is 15.2. The Morgan fingerprint density at radius 3 is 2.81 bits per heavy atom. The average molecular weight is 428 g/mol. The number of hydrogen-bond donors (Lipinski definition) is 2. The highest BCUT2D eigenvalue weighted by Crippen LogP contribution is 2.23. The maximum Gasteiger partial charge on any atom is 0.276 e. The van der Waals surface area contributed by atoms with Crippen molar-refractivity contribution >= 4 is 34.0 Å². The SMILES string of the molecule is Cn1c(CCc2cccc(NC(=O)c3cc(-c4cccs4)[nH]n3)c2)nc2ccccc21. The lowest BCUT2D eigenvalue weighted by Crippen LogP contribution is -2.12. The van der Waals surface area contributed by atoms with Crippen LogP contribution in [0.15, 0.2) is 72.1 Å². The van der Waals surface area contributed by atoms with Crippen molar-refractivity contribution < 1.29 is 4.79 Å². The maximum absolute atomic E-state index is 12.6. The number of H-pyrrole nitrogens is 1. The van der Waals surface area contributed by atoms with E-state index in [0.29, 0.717) is 5.69 Å². The number of thiophene rings is 1. The standard InChI is InChI=1S/C24H21N5OS/c1-29-21-9-3-2-8-18(21)26-23(29)12-11-16-6-4-7-17(14-16)25-24(30)20-15-19(27-28-20)22-10-5-13-31-22/h2-10,13-15H,11-12H2,1H3,(H,25,30)(H,27,28). The Balaban J connectivity index is 1.26. The van der Waals surface area contributed by atoms with Gasteiger partial charge in [0.15, 0.2) is 5.69 Å². The van der Waals surface area contributed by atoms with Gasteiger partial charge in [0.05, 0.1) is 21.6 Å². The predicted molar refractivity (Wildman–Crippen MR) is 124 cm³/mol. The third-order valence-electron chi connectivity index (χ3n) is 5.30. The Bertz CT molecular complexity index is 1350. The van der Waals surface area contributed by atoms with Gasteiger partial charge in [-0.25, -0.2) is 4.98 Å². The topological polar surface area (TPSA) is 75.6 Å². The lowest BCUT2D eigenvalue weighted by atomic mass is 10.1. The first-order valence-electron chi connectivity index (χ1n) is 10.1. The third-order valence-corrected chi connectivity index (χ3v) is 6.20. The van der Waals surface area contributed by atoms with Gasteiger partial charge in [-0.2, -0.15) is 5.10 Å².